The topological polar surface area (TPSA) is 66.9 Å². The molecule has 0 radical (unpaired) electrons. The van der Waals surface area contributed by atoms with Crippen LogP contribution >= 0.6 is 0 Å². The molecule has 1 aromatic carbocycles. The van der Waals surface area contributed by atoms with E-state index >= 15 is 0 Å². The summed E-state index contributed by atoms with van der Waals surface area (Å²) in [5.74, 6) is 0.472. The predicted octanol–water partition coefficient (Wildman–Crippen LogP) is 2.67. The number of benzene rings is 1. The van der Waals surface area contributed by atoms with Gasteiger partial charge >= 0.3 is 0 Å². The largest absolute Gasteiger partial charge is 0.357 e. The monoisotopic (exact) mass is 284 g/mol. The fraction of sp³-hybridized carbons (Fsp3) is 0.312. The number of carbonyl (C=O) groups is 1. The zero-order valence-electron chi connectivity index (χ0n) is 12.8. The van der Waals surface area contributed by atoms with Crippen LogP contribution in [0.3, 0.4) is 0 Å². The van der Waals surface area contributed by atoms with Gasteiger partial charge in [0, 0.05) is 19.7 Å². The molecule has 1 heterocycles. The SMILES string of the molecule is CNC(=O)c1c(-c2ccccc2)nc(NC)nc1C(C)C. The molecule has 0 aliphatic rings. The smallest absolute Gasteiger partial charge is 0.255 e. The minimum Gasteiger partial charge on any atom is -0.357 e. The molecule has 0 aliphatic heterocycles. The molecule has 1 aromatic heterocycles. The Morgan fingerprint density at radius 1 is 1.10 bits per heavy atom. The van der Waals surface area contributed by atoms with Crippen LogP contribution in [0.2, 0.25) is 0 Å². The van der Waals surface area contributed by atoms with Gasteiger partial charge in [0.25, 0.3) is 5.91 Å². The van der Waals surface area contributed by atoms with E-state index in [9.17, 15) is 4.79 Å². The van der Waals surface area contributed by atoms with Crippen molar-refractivity contribution in [1.29, 1.82) is 0 Å². The van der Waals surface area contributed by atoms with E-state index in [1.807, 2.05) is 44.2 Å². The summed E-state index contributed by atoms with van der Waals surface area (Å²) in [6.07, 6.45) is 0. The predicted molar refractivity (Wildman–Crippen MR) is 84.5 cm³/mol. The van der Waals surface area contributed by atoms with Crippen LogP contribution in [0.4, 0.5) is 5.95 Å². The Bertz CT molecular complexity index is 638. The standard InChI is InChI=1S/C16H20N4O/c1-10(2)13-12(15(21)17-3)14(20-16(18-4)19-13)11-8-6-5-7-9-11/h5-10H,1-4H3,(H,17,21)(H,18,19,20). The first-order valence-electron chi connectivity index (χ1n) is 6.95. The van der Waals surface area contributed by atoms with Gasteiger partial charge in [0.15, 0.2) is 0 Å². The molecule has 2 aromatic rings. The Labute approximate surface area is 124 Å². The summed E-state index contributed by atoms with van der Waals surface area (Å²) in [5.41, 5.74) is 2.83. The van der Waals surface area contributed by atoms with Crippen LogP contribution in [-0.4, -0.2) is 30.0 Å². The maximum absolute atomic E-state index is 12.3. The number of aromatic nitrogens is 2. The molecule has 0 aliphatic carbocycles. The lowest BCUT2D eigenvalue weighted by Crippen LogP contribution is -2.23. The highest BCUT2D eigenvalue weighted by Gasteiger charge is 2.22. The number of nitrogens with zero attached hydrogens (tertiary/aromatic N) is 2. The molecular formula is C16H20N4O. The van der Waals surface area contributed by atoms with Gasteiger partial charge in [-0.05, 0) is 5.92 Å². The van der Waals surface area contributed by atoms with Gasteiger partial charge in [-0.25, -0.2) is 9.97 Å². The molecule has 5 heteroatoms. The third-order valence-corrected chi connectivity index (χ3v) is 3.21. The van der Waals surface area contributed by atoms with Gasteiger partial charge in [0.1, 0.15) is 0 Å². The zero-order valence-corrected chi connectivity index (χ0v) is 12.8. The molecule has 5 nitrogen and oxygen atoms in total. The van der Waals surface area contributed by atoms with Crippen LogP contribution in [0.25, 0.3) is 11.3 Å². The van der Waals surface area contributed by atoms with Gasteiger partial charge < -0.3 is 10.6 Å². The average Bonchev–Trinajstić information content (AvgIpc) is 2.53. The maximum Gasteiger partial charge on any atom is 0.255 e. The van der Waals surface area contributed by atoms with Crippen LogP contribution in [0.5, 0.6) is 0 Å². The Balaban J connectivity index is 2.77. The second kappa shape index (κ2) is 6.35. The quantitative estimate of drug-likeness (QED) is 0.906. The van der Waals surface area contributed by atoms with Crippen molar-refractivity contribution in [2.24, 2.45) is 0 Å². The summed E-state index contributed by atoms with van der Waals surface area (Å²) in [5, 5.41) is 5.65. The Morgan fingerprint density at radius 3 is 2.29 bits per heavy atom. The molecule has 0 saturated carbocycles. The Morgan fingerprint density at radius 2 is 1.76 bits per heavy atom. The summed E-state index contributed by atoms with van der Waals surface area (Å²) >= 11 is 0. The van der Waals surface area contributed by atoms with Crippen molar-refractivity contribution in [3.63, 3.8) is 0 Å². The third-order valence-electron chi connectivity index (χ3n) is 3.21. The fourth-order valence-corrected chi connectivity index (χ4v) is 2.16. The summed E-state index contributed by atoms with van der Waals surface area (Å²) in [6.45, 7) is 4.03. The van der Waals surface area contributed by atoms with Gasteiger partial charge in [0.05, 0.1) is 17.0 Å². The first-order valence-corrected chi connectivity index (χ1v) is 6.95. The second-order valence-electron chi connectivity index (χ2n) is 5.01. The molecule has 0 fully saturated rings. The lowest BCUT2D eigenvalue weighted by Gasteiger charge is -2.16. The summed E-state index contributed by atoms with van der Waals surface area (Å²) in [7, 11) is 3.39. The van der Waals surface area contributed by atoms with Gasteiger partial charge in [0.2, 0.25) is 5.95 Å². The van der Waals surface area contributed by atoms with E-state index in [1.54, 1.807) is 14.1 Å². The molecule has 0 atom stereocenters. The highest BCUT2D eigenvalue weighted by molar-refractivity contribution is 6.01. The first-order chi connectivity index (χ1) is 10.1. The number of rotatable bonds is 4. The van der Waals surface area contributed by atoms with Crippen molar-refractivity contribution in [3.8, 4) is 11.3 Å². The van der Waals surface area contributed by atoms with E-state index in [0.29, 0.717) is 17.2 Å². The van der Waals surface area contributed by atoms with Crippen molar-refractivity contribution in [2.75, 3.05) is 19.4 Å². The molecule has 1 amide bonds. The molecule has 2 N–H and O–H groups in total. The van der Waals surface area contributed by atoms with Crippen molar-refractivity contribution >= 4 is 11.9 Å². The molecule has 110 valence electrons. The highest BCUT2D eigenvalue weighted by atomic mass is 16.1. The van der Waals surface area contributed by atoms with E-state index in [4.69, 9.17) is 0 Å². The summed E-state index contributed by atoms with van der Waals surface area (Å²) in [6, 6.07) is 9.68. The number of hydrogen-bond donors (Lipinski definition) is 2. The van der Waals surface area contributed by atoms with Crippen LogP contribution in [0.15, 0.2) is 30.3 Å². The molecule has 21 heavy (non-hydrogen) atoms. The lowest BCUT2D eigenvalue weighted by molar-refractivity contribution is 0.0961. The van der Waals surface area contributed by atoms with Crippen LogP contribution in [0, 0.1) is 0 Å². The number of hydrogen-bond acceptors (Lipinski definition) is 4. The van der Waals surface area contributed by atoms with Crippen LogP contribution in [-0.2, 0) is 0 Å². The lowest BCUT2D eigenvalue weighted by atomic mass is 9.98. The van der Waals surface area contributed by atoms with Gasteiger partial charge in [-0.2, -0.15) is 0 Å². The van der Waals surface area contributed by atoms with E-state index in [2.05, 4.69) is 20.6 Å². The van der Waals surface area contributed by atoms with Crippen molar-refractivity contribution in [2.45, 2.75) is 19.8 Å². The van der Waals surface area contributed by atoms with E-state index in [-0.39, 0.29) is 11.8 Å². The van der Waals surface area contributed by atoms with Crippen LogP contribution < -0.4 is 10.6 Å². The Hall–Kier alpha value is -2.43. The van der Waals surface area contributed by atoms with Crippen LogP contribution in [0.1, 0.15) is 35.8 Å². The fourth-order valence-electron chi connectivity index (χ4n) is 2.16. The summed E-state index contributed by atoms with van der Waals surface area (Å²) in [4.78, 5) is 21.3. The van der Waals surface area contributed by atoms with E-state index in [1.165, 1.54) is 0 Å². The minimum atomic E-state index is -0.166. The Kier molecular flexibility index (Phi) is 4.52. The van der Waals surface area contributed by atoms with Crippen molar-refractivity contribution < 1.29 is 4.79 Å². The number of carbonyl (C=O) groups excluding carboxylic acids is 1. The summed E-state index contributed by atoms with van der Waals surface area (Å²) < 4.78 is 0. The van der Waals surface area contributed by atoms with Crippen molar-refractivity contribution in [1.82, 2.24) is 15.3 Å². The first kappa shape index (κ1) is 15.0. The zero-order chi connectivity index (χ0) is 15.4. The van der Waals surface area contributed by atoms with Crippen molar-refractivity contribution in [3.05, 3.63) is 41.6 Å². The molecule has 0 spiro atoms. The third kappa shape index (κ3) is 3.02. The second-order valence-corrected chi connectivity index (χ2v) is 5.01. The number of anilines is 1. The molecule has 0 unspecified atom stereocenters. The minimum absolute atomic E-state index is 0.120. The molecule has 0 bridgehead atoms. The number of nitrogens with one attached hydrogen (secondary N) is 2. The van der Waals surface area contributed by atoms with E-state index in [0.717, 1.165) is 11.3 Å². The normalized spacial score (nSPS) is 10.5. The van der Waals surface area contributed by atoms with Gasteiger partial charge in [-0.1, -0.05) is 44.2 Å². The average molecular weight is 284 g/mol. The molecular weight excluding hydrogens is 264 g/mol. The van der Waals surface area contributed by atoms with Gasteiger partial charge in [-0.15, -0.1) is 0 Å². The maximum atomic E-state index is 12.3. The number of amides is 1. The van der Waals surface area contributed by atoms with Gasteiger partial charge in [-0.3, -0.25) is 4.79 Å². The highest BCUT2D eigenvalue weighted by Crippen LogP contribution is 2.28. The molecule has 0 saturated heterocycles. The van der Waals surface area contributed by atoms with E-state index < -0.39 is 0 Å². The molecule has 2 rings (SSSR count).